The molecule has 0 radical (unpaired) electrons. The molecule has 0 aliphatic carbocycles. The third-order valence-electron chi connectivity index (χ3n) is 2.63. The van der Waals surface area contributed by atoms with E-state index in [1.165, 1.54) is 0 Å². The molecule has 0 amide bonds. The van der Waals surface area contributed by atoms with Crippen LogP contribution in [0.2, 0.25) is 0 Å². The maximum Gasteiger partial charge on any atom is 0.277 e. The first-order valence-corrected chi connectivity index (χ1v) is 6.90. The number of hydrogen-bond donors (Lipinski definition) is 0. The van der Waals surface area contributed by atoms with Gasteiger partial charge in [-0.15, -0.1) is 0 Å². The molecule has 0 spiro atoms. The Labute approximate surface area is 93.6 Å². The third-order valence-corrected chi connectivity index (χ3v) is 3.93. The molecule has 0 bridgehead atoms. The second-order valence-corrected chi connectivity index (χ2v) is 5.94. The van der Waals surface area contributed by atoms with Crippen molar-refractivity contribution in [2.45, 2.75) is 44.2 Å². The molecule has 15 heavy (non-hydrogen) atoms. The van der Waals surface area contributed by atoms with Gasteiger partial charge in [0.25, 0.3) is 7.73 Å². The van der Waals surface area contributed by atoms with Crippen LogP contribution in [0, 0.1) is 0 Å². The minimum Gasteiger partial charge on any atom is -0.341 e. The van der Waals surface area contributed by atoms with Gasteiger partial charge < -0.3 is 23.3 Å². The number of hydrogen-bond acceptors (Lipinski definition) is 5. The minimum absolute atomic E-state index is 0.131. The van der Waals surface area contributed by atoms with Crippen molar-refractivity contribution in [1.82, 2.24) is 0 Å². The summed E-state index contributed by atoms with van der Waals surface area (Å²) in [5.41, 5.74) is 0. The number of halogens is 1. The predicted octanol–water partition coefficient (Wildman–Crippen LogP) is 1.74. The summed E-state index contributed by atoms with van der Waals surface area (Å²) in [5.74, 6) is -0.614. The van der Waals surface area contributed by atoms with E-state index in [1.54, 1.807) is 0 Å². The Bertz CT molecular complexity index is 276. The zero-order valence-corrected chi connectivity index (χ0v) is 10.0. The van der Waals surface area contributed by atoms with Crippen LogP contribution in [-0.2, 0) is 23.3 Å². The molecule has 5 nitrogen and oxygen atoms in total. The molecule has 3 aliphatic heterocycles. The molecule has 5 atom stereocenters. The summed E-state index contributed by atoms with van der Waals surface area (Å²) >= 11 is 5.81. The highest BCUT2D eigenvalue weighted by atomic mass is 35.7. The second-order valence-electron chi connectivity index (χ2n) is 4.22. The smallest absolute Gasteiger partial charge is 0.277 e. The molecular formula is C8H12ClO5P. The van der Waals surface area contributed by atoms with Gasteiger partial charge >= 0.3 is 0 Å². The molecule has 3 aliphatic rings. The van der Waals surface area contributed by atoms with Gasteiger partial charge in [-0.05, 0) is 25.1 Å². The first-order chi connectivity index (χ1) is 7.05. The van der Waals surface area contributed by atoms with Crippen molar-refractivity contribution in [3.8, 4) is 0 Å². The molecule has 3 saturated heterocycles. The number of ether oxygens (including phenoxy) is 3. The van der Waals surface area contributed by atoms with Crippen LogP contribution in [0.3, 0.4) is 0 Å². The molecule has 1 unspecified atom stereocenters. The van der Waals surface area contributed by atoms with E-state index in [0.29, 0.717) is 6.61 Å². The molecule has 0 aromatic rings. The Morgan fingerprint density at radius 3 is 2.87 bits per heavy atom. The SMILES string of the molecule is CC1(C)O[C@H]2O[C@@H]3COP(Cl)O[C@@H]3[C@H]2O1. The summed E-state index contributed by atoms with van der Waals surface area (Å²) in [7, 11) is -1.32. The molecule has 3 rings (SSSR count). The van der Waals surface area contributed by atoms with Gasteiger partial charge in [0.1, 0.15) is 18.3 Å². The van der Waals surface area contributed by atoms with Crippen molar-refractivity contribution in [2.24, 2.45) is 0 Å². The lowest BCUT2D eigenvalue weighted by atomic mass is 10.1. The topological polar surface area (TPSA) is 46.2 Å². The molecule has 3 fully saturated rings. The Balaban J connectivity index is 1.77. The van der Waals surface area contributed by atoms with Crippen LogP contribution in [0.1, 0.15) is 13.8 Å². The van der Waals surface area contributed by atoms with Crippen molar-refractivity contribution in [3.63, 3.8) is 0 Å². The van der Waals surface area contributed by atoms with Gasteiger partial charge in [0.05, 0.1) is 6.61 Å². The van der Waals surface area contributed by atoms with Crippen molar-refractivity contribution in [1.29, 1.82) is 0 Å². The summed E-state index contributed by atoms with van der Waals surface area (Å²) in [6, 6.07) is 0. The third kappa shape index (κ3) is 1.80. The lowest BCUT2D eigenvalue weighted by Gasteiger charge is -2.30. The second kappa shape index (κ2) is 3.50. The van der Waals surface area contributed by atoms with E-state index in [2.05, 4.69) is 0 Å². The van der Waals surface area contributed by atoms with Gasteiger partial charge in [-0.3, -0.25) is 0 Å². The molecular weight excluding hydrogens is 243 g/mol. The minimum atomic E-state index is -1.32. The zero-order valence-electron chi connectivity index (χ0n) is 8.38. The van der Waals surface area contributed by atoms with E-state index >= 15 is 0 Å². The largest absolute Gasteiger partial charge is 0.341 e. The van der Waals surface area contributed by atoms with Gasteiger partial charge in [0.15, 0.2) is 12.1 Å². The number of fused-ring (bicyclic) bond motifs is 3. The van der Waals surface area contributed by atoms with Gasteiger partial charge in [0, 0.05) is 0 Å². The molecule has 86 valence electrons. The van der Waals surface area contributed by atoms with Crippen molar-refractivity contribution >= 4 is 19.0 Å². The molecule has 7 heteroatoms. The molecule has 0 aromatic heterocycles. The molecule has 0 saturated carbocycles. The summed E-state index contributed by atoms with van der Waals surface area (Å²) in [4.78, 5) is 0. The Kier molecular flexibility index (Phi) is 2.49. The van der Waals surface area contributed by atoms with Gasteiger partial charge in [-0.1, -0.05) is 0 Å². The van der Waals surface area contributed by atoms with Gasteiger partial charge in [0.2, 0.25) is 0 Å². The lowest BCUT2D eigenvalue weighted by Crippen LogP contribution is -2.39. The summed E-state index contributed by atoms with van der Waals surface area (Å²) in [6.45, 7) is 4.15. The van der Waals surface area contributed by atoms with Crippen molar-refractivity contribution < 1.29 is 23.3 Å². The Morgan fingerprint density at radius 1 is 1.27 bits per heavy atom. The molecule has 3 heterocycles. The number of rotatable bonds is 0. The molecule has 0 N–H and O–H groups in total. The zero-order chi connectivity index (χ0) is 10.6. The van der Waals surface area contributed by atoms with Crippen LogP contribution >= 0.6 is 19.0 Å². The molecule has 0 aromatic carbocycles. The fraction of sp³-hybridized carbons (Fsp3) is 1.00. The summed E-state index contributed by atoms with van der Waals surface area (Å²) < 4.78 is 27.6. The Morgan fingerprint density at radius 2 is 2.07 bits per heavy atom. The van der Waals surface area contributed by atoms with E-state index in [-0.39, 0.29) is 24.6 Å². The predicted molar refractivity (Wildman–Crippen MR) is 52.3 cm³/mol. The maximum absolute atomic E-state index is 5.81. The fourth-order valence-electron chi connectivity index (χ4n) is 2.07. The Hall–Kier alpha value is 0.520. The highest BCUT2D eigenvalue weighted by molar-refractivity contribution is 7.76. The van der Waals surface area contributed by atoms with Crippen LogP contribution in [0.25, 0.3) is 0 Å². The normalized spacial score (nSPS) is 52.6. The average molecular weight is 255 g/mol. The van der Waals surface area contributed by atoms with Crippen molar-refractivity contribution in [3.05, 3.63) is 0 Å². The monoisotopic (exact) mass is 254 g/mol. The van der Waals surface area contributed by atoms with Crippen LogP contribution in [0.15, 0.2) is 0 Å². The van der Waals surface area contributed by atoms with Crippen molar-refractivity contribution in [2.75, 3.05) is 6.61 Å². The lowest BCUT2D eigenvalue weighted by molar-refractivity contribution is -0.218. The van der Waals surface area contributed by atoms with Crippen LogP contribution in [0.5, 0.6) is 0 Å². The standard InChI is InChI=1S/C8H12ClO5P/c1-8(2)12-6-5-4(11-7(6)13-8)3-10-15(9)14-5/h4-7H,3H2,1-2H3/t4-,5+,6-,7-,15?/m1/s1. The highest BCUT2D eigenvalue weighted by Gasteiger charge is 2.57. The maximum atomic E-state index is 5.81. The van der Waals surface area contributed by atoms with Crippen LogP contribution in [-0.4, -0.2) is 37.0 Å². The van der Waals surface area contributed by atoms with E-state index in [0.717, 1.165) is 0 Å². The van der Waals surface area contributed by atoms with Gasteiger partial charge in [-0.25, -0.2) is 0 Å². The average Bonchev–Trinajstić information content (AvgIpc) is 2.58. The quantitative estimate of drug-likeness (QED) is 0.616. The van der Waals surface area contributed by atoms with E-state index in [4.69, 9.17) is 34.5 Å². The first kappa shape index (κ1) is 10.7. The van der Waals surface area contributed by atoms with Crippen LogP contribution in [0.4, 0.5) is 0 Å². The van der Waals surface area contributed by atoms with Gasteiger partial charge in [-0.2, -0.15) is 0 Å². The highest BCUT2D eigenvalue weighted by Crippen LogP contribution is 2.53. The fourth-order valence-corrected chi connectivity index (χ4v) is 3.28. The van der Waals surface area contributed by atoms with E-state index in [9.17, 15) is 0 Å². The summed E-state index contributed by atoms with van der Waals surface area (Å²) in [6.07, 6.45) is -0.864. The summed E-state index contributed by atoms with van der Waals surface area (Å²) in [5, 5.41) is 0. The van der Waals surface area contributed by atoms with E-state index < -0.39 is 13.5 Å². The van der Waals surface area contributed by atoms with E-state index in [1.807, 2.05) is 13.8 Å². The van der Waals surface area contributed by atoms with Crippen LogP contribution < -0.4 is 0 Å². The first-order valence-electron chi connectivity index (χ1n) is 4.82.